The lowest BCUT2D eigenvalue weighted by Crippen LogP contribution is -2.61. The Balaban J connectivity index is 2.54. The summed E-state index contributed by atoms with van der Waals surface area (Å²) in [7, 11) is 0. The van der Waals surface area contributed by atoms with Gasteiger partial charge in [0.1, 0.15) is 24.4 Å². The van der Waals surface area contributed by atoms with Crippen molar-refractivity contribution in [1.82, 2.24) is 5.32 Å². The van der Waals surface area contributed by atoms with Crippen LogP contribution in [0.2, 0.25) is 0 Å². The highest BCUT2D eigenvalue weighted by molar-refractivity contribution is 5.80. The molecule has 8 atom stereocenters. The summed E-state index contributed by atoms with van der Waals surface area (Å²) >= 11 is 0. The maximum Gasteiger partial charge on any atom is 0.306 e. The van der Waals surface area contributed by atoms with Crippen LogP contribution in [-0.2, 0) is 23.8 Å². The second-order valence-corrected chi connectivity index (χ2v) is 23.2. The van der Waals surface area contributed by atoms with Gasteiger partial charge >= 0.3 is 5.97 Å². The van der Waals surface area contributed by atoms with E-state index in [1.165, 1.54) is 154 Å². The van der Waals surface area contributed by atoms with Crippen molar-refractivity contribution in [3.05, 3.63) is 72.9 Å². The predicted molar refractivity (Wildman–Crippen MR) is 338 cm³/mol. The molecular weight excluding hydrogens is 1010 g/mol. The molecule has 1 saturated heterocycles. The molecule has 11 nitrogen and oxygen atoms in total. The van der Waals surface area contributed by atoms with Gasteiger partial charge < -0.3 is 45.1 Å². The molecule has 0 saturated carbocycles. The zero-order chi connectivity index (χ0) is 58.9. The fourth-order valence-corrected chi connectivity index (χ4v) is 10.3. The van der Waals surface area contributed by atoms with Gasteiger partial charge in [-0.1, -0.05) is 293 Å². The monoisotopic (exact) mass is 1140 g/mol. The van der Waals surface area contributed by atoms with E-state index in [1.807, 2.05) is 6.08 Å². The van der Waals surface area contributed by atoms with Crippen molar-refractivity contribution in [2.24, 2.45) is 0 Å². The van der Waals surface area contributed by atoms with Crippen molar-refractivity contribution < 1.29 is 49.3 Å². The lowest BCUT2D eigenvalue weighted by molar-refractivity contribution is -0.305. The molecule has 8 unspecified atom stereocenters. The van der Waals surface area contributed by atoms with Crippen molar-refractivity contribution in [3.63, 3.8) is 0 Å². The molecule has 0 radical (unpaired) electrons. The van der Waals surface area contributed by atoms with Gasteiger partial charge in [0.2, 0.25) is 5.91 Å². The first kappa shape index (κ1) is 76.1. The van der Waals surface area contributed by atoms with Crippen molar-refractivity contribution in [3.8, 4) is 0 Å². The molecule has 1 amide bonds. The van der Waals surface area contributed by atoms with E-state index in [0.717, 1.165) is 96.3 Å². The minimum atomic E-state index is -1.62. The Kier molecular flexibility index (Phi) is 54.1. The molecule has 0 aromatic heterocycles. The minimum Gasteiger partial charge on any atom is -0.454 e. The molecule has 1 aliphatic heterocycles. The first-order chi connectivity index (χ1) is 39.7. The molecule has 1 rings (SSSR count). The van der Waals surface area contributed by atoms with E-state index in [2.05, 4.69) is 86.8 Å². The fourth-order valence-electron chi connectivity index (χ4n) is 10.3. The molecule has 81 heavy (non-hydrogen) atoms. The zero-order valence-electron chi connectivity index (χ0n) is 52.1. The molecule has 11 heteroatoms. The summed E-state index contributed by atoms with van der Waals surface area (Å²) in [6.45, 7) is 5.69. The average molecular weight is 1140 g/mol. The number of carbonyl (C=O) groups is 2. The molecule has 0 aliphatic carbocycles. The van der Waals surface area contributed by atoms with Crippen LogP contribution in [-0.4, -0.2) is 99.6 Å². The lowest BCUT2D eigenvalue weighted by atomic mass is 9.99. The topological polar surface area (TPSA) is 175 Å². The van der Waals surface area contributed by atoms with Gasteiger partial charge in [0.15, 0.2) is 12.4 Å². The highest BCUT2D eigenvalue weighted by Crippen LogP contribution is 2.26. The Morgan fingerprint density at radius 1 is 0.494 bits per heavy atom. The van der Waals surface area contributed by atoms with Crippen LogP contribution >= 0.6 is 0 Å². The standard InChI is InChI=1S/C70H125NO10/c1-4-7-10-13-16-19-22-24-26-27-28-29-30-31-32-33-34-35-36-37-38-40-43-46-49-52-55-58-65(75)81-68-67(77)66(76)64(59-72)80-70(68)79-60-61(62(73)56-53-50-47-44-41-21-18-15-12-9-6-3)71-69(78)63(74)57-54-51-48-45-42-39-25-23-20-17-14-11-8-5-2/h7,10,16,19,24,26,28-29,31-32,53,56,61-64,66-68,70,72-74,76-77H,4-6,8-9,11-15,17-18,20-23,25,27,30,33-52,54-55,57-60H2,1-3H3,(H,71,78)/b10-7-,19-16-,26-24-,29-28-,32-31-,56-53+. The number of hydrogen-bond acceptors (Lipinski definition) is 10. The Hall–Kier alpha value is -2.90. The number of aliphatic hydroxyl groups excluding tert-OH is 5. The van der Waals surface area contributed by atoms with Crippen LogP contribution in [0.1, 0.15) is 297 Å². The second-order valence-electron chi connectivity index (χ2n) is 23.2. The summed E-state index contributed by atoms with van der Waals surface area (Å²) in [5, 5.41) is 57.1. The number of unbranched alkanes of at least 4 members (excludes halogenated alkanes) is 33. The first-order valence-electron chi connectivity index (χ1n) is 33.7. The summed E-state index contributed by atoms with van der Waals surface area (Å²) in [5.74, 6) is -1.19. The molecule has 6 N–H and O–H groups in total. The van der Waals surface area contributed by atoms with Crippen LogP contribution in [0.15, 0.2) is 72.9 Å². The zero-order valence-corrected chi connectivity index (χ0v) is 52.1. The van der Waals surface area contributed by atoms with Crippen molar-refractivity contribution >= 4 is 11.9 Å². The highest BCUT2D eigenvalue weighted by atomic mass is 16.7. The van der Waals surface area contributed by atoms with Crippen molar-refractivity contribution in [1.29, 1.82) is 0 Å². The summed E-state index contributed by atoms with van der Waals surface area (Å²) < 4.78 is 17.7. The molecule has 1 fully saturated rings. The van der Waals surface area contributed by atoms with E-state index >= 15 is 0 Å². The number of carbonyl (C=O) groups excluding carboxylic acids is 2. The van der Waals surface area contributed by atoms with Crippen LogP contribution in [0, 0.1) is 0 Å². The second kappa shape index (κ2) is 57.5. The Bertz CT molecular complexity index is 1590. The third kappa shape index (κ3) is 45.2. The molecule has 0 aromatic carbocycles. The summed E-state index contributed by atoms with van der Waals surface area (Å²) in [5.41, 5.74) is 0. The number of allylic oxidation sites excluding steroid dienone is 11. The Morgan fingerprint density at radius 2 is 0.889 bits per heavy atom. The van der Waals surface area contributed by atoms with E-state index in [-0.39, 0.29) is 13.0 Å². The molecule has 0 spiro atoms. The third-order valence-corrected chi connectivity index (χ3v) is 15.6. The van der Waals surface area contributed by atoms with Gasteiger partial charge in [-0.25, -0.2) is 0 Å². The van der Waals surface area contributed by atoms with Crippen LogP contribution in [0.3, 0.4) is 0 Å². The van der Waals surface area contributed by atoms with Gasteiger partial charge in [0.05, 0.1) is 25.4 Å². The van der Waals surface area contributed by atoms with E-state index < -0.39 is 67.4 Å². The van der Waals surface area contributed by atoms with Crippen LogP contribution in [0.25, 0.3) is 0 Å². The molecular formula is C70H125NO10. The smallest absolute Gasteiger partial charge is 0.306 e. The number of nitrogens with one attached hydrogen (secondary N) is 1. The van der Waals surface area contributed by atoms with Gasteiger partial charge in [-0.15, -0.1) is 0 Å². The number of aliphatic hydroxyl groups is 5. The molecule has 1 aliphatic rings. The summed E-state index contributed by atoms with van der Waals surface area (Å²) in [6.07, 6.45) is 63.7. The van der Waals surface area contributed by atoms with Crippen LogP contribution < -0.4 is 5.32 Å². The Labute approximate surface area is 496 Å². The normalized spacial score (nSPS) is 19.1. The summed E-state index contributed by atoms with van der Waals surface area (Å²) in [6, 6.07) is -1.02. The van der Waals surface area contributed by atoms with Crippen LogP contribution in [0.4, 0.5) is 0 Å². The largest absolute Gasteiger partial charge is 0.454 e. The molecule has 470 valence electrons. The first-order valence-corrected chi connectivity index (χ1v) is 33.7. The fraction of sp³-hybridized carbons (Fsp3) is 0.800. The van der Waals surface area contributed by atoms with Crippen molar-refractivity contribution in [2.75, 3.05) is 13.2 Å². The van der Waals surface area contributed by atoms with E-state index in [4.69, 9.17) is 14.2 Å². The quantitative estimate of drug-likeness (QED) is 0.0195. The van der Waals surface area contributed by atoms with Gasteiger partial charge in [-0.05, 0) is 70.6 Å². The van der Waals surface area contributed by atoms with Gasteiger partial charge in [-0.3, -0.25) is 9.59 Å². The van der Waals surface area contributed by atoms with Gasteiger partial charge in [-0.2, -0.15) is 0 Å². The number of rotatable bonds is 57. The number of amides is 1. The van der Waals surface area contributed by atoms with E-state index in [1.54, 1.807) is 6.08 Å². The molecule has 0 aromatic rings. The molecule has 0 bridgehead atoms. The average Bonchev–Trinajstić information content (AvgIpc) is 3.49. The van der Waals surface area contributed by atoms with Crippen molar-refractivity contribution in [2.45, 2.75) is 346 Å². The maximum atomic E-state index is 13.4. The molecule has 1 heterocycles. The van der Waals surface area contributed by atoms with Gasteiger partial charge in [0, 0.05) is 6.42 Å². The van der Waals surface area contributed by atoms with E-state index in [0.29, 0.717) is 19.3 Å². The van der Waals surface area contributed by atoms with E-state index in [9.17, 15) is 35.1 Å². The SMILES string of the molecule is CC/C=C\C/C=C\C/C=C\C/C=C\C/C=C\CCCCCCCCCCCCCC(=O)OC1C(OCC(NC(=O)C(O)CCCCCCCCCCCCCCCC)C(O)/C=C/CCCCCCCCCCC)OC(CO)C(O)C1O. The third-order valence-electron chi connectivity index (χ3n) is 15.6. The predicted octanol–water partition coefficient (Wildman–Crippen LogP) is 16.7. The minimum absolute atomic E-state index is 0.118. The number of hydrogen-bond donors (Lipinski definition) is 6. The maximum absolute atomic E-state index is 13.4. The highest BCUT2D eigenvalue weighted by Gasteiger charge is 2.47. The van der Waals surface area contributed by atoms with Crippen LogP contribution in [0.5, 0.6) is 0 Å². The summed E-state index contributed by atoms with van der Waals surface area (Å²) in [4.78, 5) is 26.6. The van der Waals surface area contributed by atoms with Gasteiger partial charge in [0.25, 0.3) is 0 Å². The lowest BCUT2D eigenvalue weighted by Gasteiger charge is -2.41. The Morgan fingerprint density at radius 3 is 1.33 bits per heavy atom. The number of esters is 1. The number of ether oxygens (including phenoxy) is 3.